The average molecular weight is 294 g/mol. The summed E-state index contributed by atoms with van der Waals surface area (Å²) in [4.78, 5) is 10.2. The predicted octanol–water partition coefficient (Wildman–Crippen LogP) is 1.84. The zero-order chi connectivity index (χ0) is 14.8. The smallest absolute Gasteiger partial charge is 0.371 e. The minimum atomic E-state index is -4.06. The number of nitrogens with two attached hydrogens (primary N) is 1. The van der Waals surface area contributed by atoms with Crippen LogP contribution in [0.3, 0.4) is 0 Å². The molecule has 0 saturated heterocycles. The lowest BCUT2D eigenvalue weighted by molar-refractivity contribution is -0.384. The van der Waals surface area contributed by atoms with Gasteiger partial charge in [-0.3, -0.25) is 10.1 Å². The second-order valence-corrected chi connectivity index (χ2v) is 5.06. The minimum absolute atomic E-state index is 0.0210. The molecule has 0 fully saturated rings. The van der Waals surface area contributed by atoms with Gasteiger partial charge in [-0.2, -0.15) is 13.6 Å². The van der Waals surface area contributed by atoms with E-state index < -0.39 is 15.2 Å². The first-order valence-electron chi connectivity index (χ1n) is 5.42. The maximum absolute atomic E-state index is 10.8. The van der Waals surface area contributed by atoms with E-state index in [2.05, 4.69) is 4.18 Å². The Morgan fingerprint density at radius 1 is 1.05 bits per heavy atom. The molecule has 0 spiro atoms. The van der Waals surface area contributed by atoms with Gasteiger partial charge >= 0.3 is 10.3 Å². The minimum Gasteiger partial charge on any atom is -0.371 e. The van der Waals surface area contributed by atoms with Crippen molar-refractivity contribution < 1.29 is 17.5 Å². The van der Waals surface area contributed by atoms with Crippen molar-refractivity contribution in [3.8, 4) is 16.9 Å². The van der Waals surface area contributed by atoms with Gasteiger partial charge in [0.05, 0.1) is 4.92 Å². The van der Waals surface area contributed by atoms with E-state index in [-0.39, 0.29) is 11.4 Å². The molecule has 0 bridgehead atoms. The first kappa shape index (κ1) is 14.0. The van der Waals surface area contributed by atoms with Gasteiger partial charge in [0, 0.05) is 12.1 Å². The molecule has 0 amide bonds. The van der Waals surface area contributed by atoms with Crippen LogP contribution in [-0.4, -0.2) is 13.3 Å². The summed E-state index contributed by atoms with van der Waals surface area (Å²) >= 11 is 0. The summed E-state index contributed by atoms with van der Waals surface area (Å²) in [5.74, 6) is 0.0710. The van der Waals surface area contributed by atoms with Crippen molar-refractivity contribution in [3.63, 3.8) is 0 Å². The van der Waals surface area contributed by atoms with Gasteiger partial charge in [0.25, 0.3) is 5.69 Å². The molecule has 2 N–H and O–H groups in total. The Balaban J connectivity index is 2.30. The van der Waals surface area contributed by atoms with Gasteiger partial charge in [-0.25, -0.2) is 0 Å². The summed E-state index contributed by atoms with van der Waals surface area (Å²) < 4.78 is 26.0. The summed E-state index contributed by atoms with van der Waals surface area (Å²) in [7, 11) is -4.06. The van der Waals surface area contributed by atoms with E-state index in [1.54, 1.807) is 24.3 Å². The maximum Gasteiger partial charge on any atom is 0.380 e. The number of nitrogens with zero attached hydrogens (tertiary/aromatic N) is 1. The Labute approximate surface area is 115 Å². The maximum atomic E-state index is 10.8. The molecule has 0 radical (unpaired) electrons. The molecule has 0 saturated carbocycles. The third-order valence-corrected chi connectivity index (χ3v) is 2.88. The van der Waals surface area contributed by atoms with Crippen LogP contribution >= 0.6 is 0 Å². The van der Waals surface area contributed by atoms with Gasteiger partial charge in [-0.05, 0) is 23.3 Å². The molecule has 2 rings (SSSR count). The van der Waals surface area contributed by atoms with Crippen LogP contribution in [0.1, 0.15) is 0 Å². The Morgan fingerprint density at radius 3 is 2.25 bits per heavy atom. The zero-order valence-corrected chi connectivity index (χ0v) is 10.9. The van der Waals surface area contributed by atoms with Gasteiger partial charge in [-0.15, -0.1) is 0 Å². The predicted molar refractivity (Wildman–Crippen MR) is 72.3 cm³/mol. The molecule has 7 nitrogen and oxygen atoms in total. The van der Waals surface area contributed by atoms with Crippen molar-refractivity contribution in [3.05, 3.63) is 58.6 Å². The van der Waals surface area contributed by atoms with E-state index in [1.807, 2.05) is 0 Å². The Hall–Kier alpha value is -2.45. The molecule has 0 aliphatic heterocycles. The number of hydrogen-bond acceptors (Lipinski definition) is 5. The molecule has 0 aliphatic rings. The topological polar surface area (TPSA) is 113 Å². The Bertz CT molecular complexity index is 741. The van der Waals surface area contributed by atoms with Crippen LogP contribution in [0.15, 0.2) is 48.5 Å². The molecule has 0 atom stereocenters. The molecule has 0 unspecified atom stereocenters. The Morgan fingerprint density at radius 2 is 1.70 bits per heavy atom. The van der Waals surface area contributed by atoms with E-state index in [9.17, 15) is 18.5 Å². The second kappa shape index (κ2) is 5.27. The van der Waals surface area contributed by atoms with Crippen LogP contribution in [-0.2, 0) is 10.3 Å². The molecule has 2 aromatic rings. The van der Waals surface area contributed by atoms with Gasteiger partial charge in [0.1, 0.15) is 5.75 Å². The fraction of sp³-hybridized carbons (Fsp3) is 0. The van der Waals surface area contributed by atoms with Crippen molar-refractivity contribution in [1.82, 2.24) is 0 Å². The van der Waals surface area contributed by atoms with Crippen LogP contribution in [0.25, 0.3) is 11.1 Å². The highest BCUT2D eigenvalue weighted by Crippen LogP contribution is 2.25. The van der Waals surface area contributed by atoms with E-state index in [4.69, 9.17) is 5.14 Å². The number of benzene rings is 2. The molecule has 2 aromatic carbocycles. The highest BCUT2D eigenvalue weighted by atomic mass is 32.2. The number of rotatable bonds is 4. The number of non-ortho nitro benzene ring substituents is 1. The van der Waals surface area contributed by atoms with Gasteiger partial charge in [0.15, 0.2) is 0 Å². The summed E-state index contributed by atoms with van der Waals surface area (Å²) in [6.07, 6.45) is 0. The van der Waals surface area contributed by atoms with E-state index >= 15 is 0 Å². The van der Waals surface area contributed by atoms with Crippen LogP contribution < -0.4 is 9.32 Å². The monoisotopic (exact) mass is 294 g/mol. The van der Waals surface area contributed by atoms with Gasteiger partial charge < -0.3 is 4.18 Å². The third-order valence-electron chi connectivity index (χ3n) is 2.46. The zero-order valence-electron chi connectivity index (χ0n) is 10.1. The lowest BCUT2D eigenvalue weighted by atomic mass is 10.1. The van der Waals surface area contributed by atoms with Crippen molar-refractivity contribution >= 4 is 16.0 Å². The molecule has 0 aromatic heterocycles. The van der Waals surface area contributed by atoms with E-state index in [0.29, 0.717) is 11.1 Å². The highest BCUT2D eigenvalue weighted by molar-refractivity contribution is 7.84. The SMILES string of the molecule is NS(=O)(=O)Oc1ccc(-c2cccc([N+](=O)[O-])c2)cc1. The summed E-state index contributed by atoms with van der Waals surface area (Å²) in [6, 6.07) is 12.1. The van der Waals surface area contributed by atoms with E-state index in [1.165, 1.54) is 24.3 Å². The van der Waals surface area contributed by atoms with Crippen LogP contribution in [0.2, 0.25) is 0 Å². The fourth-order valence-corrected chi connectivity index (χ4v) is 2.02. The second-order valence-electron chi connectivity index (χ2n) is 3.91. The number of hydrogen-bond donors (Lipinski definition) is 1. The van der Waals surface area contributed by atoms with Crippen LogP contribution in [0, 0.1) is 10.1 Å². The lowest BCUT2D eigenvalue weighted by Crippen LogP contribution is -2.18. The summed E-state index contributed by atoms with van der Waals surface area (Å²) in [5.41, 5.74) is 1.31. The number of nitro groups is 1. The van der Waals surface area contributed by atoms with Crippen LogP contribution in [0.5, 0.6) is 5.75 Å². The van der Waals surface area contributed by atoms with Crippen molar-refractivity contribution in [2.24, 2.45) is 5.14 Å². The molecule has 8 heteroatoms. The fourth-order valence-electron chi connectivity index (χ4n) is 1.64. The quantitative estimate of drug-likeness (QED) is 0.683. The van der Waals surface area contributed by atoms with Crippen molar-refractivity contribution in [2.45, 2.75) is 0 Å². The van der Waals surface area contributed by atoms with Gasteiger partial charge in [0.2, 0.25) is 0 Å². The average Bonchev–Trinajstić information content (AvgIpc) is 2.38. The van der Waals surface area contributed by atoms with Crippen LogP contribution in [0.4, 0.5) is 5.69 Å². The van der Waals surface area contributed by atoms with E-state index in [0.717, 1.165) is 0 Å². The highest BCUT2D eigenvalue weighted by Gasteiger charge is 2.08. The lowest BCUT2D eigenvalue weighted by Gasteiger charge is -2.04. The summed E-state index contributed by atoms with van der Waals surface area (Å²) in [5, 5.41) is 15.4. The standard InChI is InChI=1S/C12H10N2O5S/c13-20(17,18)19-12-6-4-9(5-7-12)10-2-1-3-11(8-10)14(15)16/h1-8H,(H2,13,17,18). The normalized spacial score (nSPS) is 11.1. The van der Waals surface area contributed by atoms with Crippen molar-refractivity contribution in [1.29, 1.82) is 0 Å². The van der Waals surface area contributed by atoms with Crippen molar-refractivity contribution in [2.75, 3.05) is 0 Å². The number of nitro benzene ring substituents is 1. The largest absolute Gasteiger partial charge is 0.380 e. The molecular weight excluding hydrogens is 284 g/mol. The first-order chi connectivity index (χ1) is 9.35. The first-order valence-corrected chi connectivity index (χ1v) is 6.89. The molecule has 0 aliphatic carbocycles. The van der Waals surface area contributed by atoms with Gasteiger partial charge in [-0.1, -0.05) is 24.3 Å². The molecule has 0 heterocycles. The summed E-state index contributed by atoms with van der Waals surface area (Å²) in [6.45, 7) is 0. The molecule has 20 heavy (non-hydrogen) atoms. The molecule has 104 valence electrons. The third kappa shape index (κ3) is 3.53. The molecular formula is C12H10N2O5S. The Kier molecular flexibility index (Phi) is 3.68.